The number of sulfone groups is 1. The molecule has 9 heteroatoms. The molecule has 2 aromatic rings. The summed E-state index contributed by atoms with van der Waals surface area (Å²) >= 11 is 6.16. The number of methoxy groups -OCH3 is 1. The van der Waals surface area contributed by atoms with Gasteiger partial charge in [0.25, 0.3) is 0 Å². The van der Waals surface area contributed by atoms with Crippen molar-refractivity contribution in [3.05, 3.63) is 35.0 Å². The highest BCUT2D eigenvalue weighted by molar-refractivity contribution is 7.91. The van der Waals surface area contributed by atoms with E-state index in [0.29, 0.717) is 18.7 Å². The second-order valence-electron chi connectivity index (χ2n) is 6.11. The van der Waals surface area contributed by atoms with Crippen LogP contribution in [0.5, 0.6) is 5.75 Å². The monoisotopic (exact) mass is 413 g/mol. The summed E-state index contributed by atoms with van der Waals surface area (Å²) in [4.78, 5) is 14.3. The zero-order valence-corrected chi connectivity index (χ0v) is 17.5. The van der Waals surface area contributed by atoms with E-state index < -0.39 is 15.9 Å². The average molecular weight is 414 g/mol. The largest absolute Gasteiger partial charge is 0.495 e. The summed E-state index contributed by atoms with van der Waals surface area (Å²) in [5.41, 5.74) is 0.505. The summed E-state index contributed by atoms with van der Waals surface area (Å²) < 4.78 is 32.5. The lowest BCUT2D eigenvalue weighted by Crippen LogP contribution is -2.36. The van der Waals surface area contributed by atoms with Crippen molar-refractivity contribution >= 4 is 27.5 Å². The van der Waals surface area contributed by atoms with Gasteiger partial charge in [-0.3, -0.25) is 0 Å². The number of nitrogens with zero attached hydrogens (tertiary/aromatic N) is 3. The quantitative estimate of drug-likeness (QED) is 0.689. The lowest BCUT2D eigenvalue weighted by atomic mass is 10.2. The molecule has 0 radical (unpaired) electrons. The van der Waals surface area contributed by atoms with E-state index in [-0.39, 0.29) is 20.7 Å². The Morgan fingerprint density at radius 1 is 1.26 bits per heavy atom. The van der Waals surface area contributed by atoms with Crippen LogP contribution in [0.1, 0.15) is 32.3 Å². The number of aryl methyl sites for hydroxylation is 1. The zero-order chi connectivity index (χ0) is 20.2. The molecule has 27 heavy (non-hydrogen) atoms. The van der Waals surface area contributed by atoms with E-state index in [1.165, 1.54) is 13.3 Å². The summed E-state index contributed by atoms with van der Waals surface area (Å²) in [6.45, 7) is 6.70. The number of hydrogen-bond acceptors (Lipinski definition) is 5. The molecule has 1 aromatic heterocycles. The predicted octanol–water partition coefficient (Wildman–Crippen LogP) is 3.78. The van der Waals surface area contributed by atoms with Crippen molar-refractivity contribution in [1.82, 2.24) is 14.7 Å². The first-order valence-electron chi connectivity index (χ1n) is 8.71. The highest BCUT2D eigenvalue weighted by Gasteiger charge is 2.31. The van der Waals surface area contributed by atoms with Crippen LogP contribution < -0.4 is 4.74 Å². The molecule has 0 unspecified atom stereocenters. The van der Waals surface area contributed by atoms with Crippen molar-refractivity contribution in [2.75, 3.05) is 20.2 Å². The number of amides is 1. The number of carbonyl (C=O) groups is 1. The van der Waals surface area contributed by atoms with E-state index in [1.54, 1.807) is 30.0 Å². The molecule has 1 amide bonds. The first-order chi connectivity index (χ1) is 12.8. The SMILES string of the molecule is CCCN(CCC)C(=O)n1cc(Cl)c(S(=O)(=O)c2c(C)cccc2OC)n1. The van der Waals surface area contributed by atoms with Gasteiger partial charge in [-0.25, -0.2) is 13.2 Å². The van der Waals surface area contributed by atoms with Gasteiger partial charge in [-0.1, -0.05) is 37.6 Å². The third kappa shape index (κ3) is 4.27. The number of hydrogen-bond donors (Lipinski definition) is 0. The standard InChI is InChI=1S/C18H24ClN3O4S/c1-5-10-21(11-6-2)18(23)22-12-14(19)17(20-22)27(24,25)16-13(3)8-7-9-15(16)26-4/h7-9,12H,5-6,10-11H2,1-4H3. The lowest BCUT2D eigenvalue weighted by molar-refractivity contribution is 0.196. The molecule has 148 valence electrons. The van der Waals surface area contributed by atoms with Gasteiger partial charge in [-0.05, 0) is 31.4 Å². The van der Waals surface area contributed by atoms with Gasteiger partial charge in [0.1, 0.15) is 10.6 Å². The van der Waals surface area contributed by atoms with Crippen LogP contribution in [-0.4, -0.2) is 49.3 Å². The van der Waals surface area contributed by atoms with Crippen molar-refractivity contribution in [2.24, 2.45) is 0 Å². The van der Waals surface area contributed by atoms with Crippen LogP contribution in [0.3, 0.4) is 0 Å². The smallest absolute Gasteiger partial charge is 0.344 e. The molecule has 1 aromatic carbocycles. The van der Waals surface area contributed by atoms with E-state index in [2.05, 4.69) is 5.10 Å². The van der Waals surface area contributed by atoms with Gasteiger partial charge in [0.05, 0.1) is 18.3 Å². The first kappa shape index (κ1) is 21.2. The van der Waals surface area contributed by atoms with Gasteiger partial charge in [-0.15, -0.1) is 0 Å². The van der Waals surface area contributed by atoms with Crippen LogP contribution in [0.4, 0.5) is 4.79 Å². The summed E-state index contributed by atoms with van der Waals surface area (Å²) in [6.07, 6.45) is 2.80. The Kier molecular flexibility index (Phi) is 6.89. The Hall–Kier alpha value is -2.06. The maximum absolute atomic E-state index is 13.1. The van der Waals surface area contributed by atoms with E-state index >= 15 is 0 Å². The fourth-order valence-electron chi connectivity index (χ4n) is 2.83. The fraction of sp³-hybridized carbons (Fsp3) is 0.444. The first-order valence-corrected chi connectivity index (χ1v) is 10.6. The molecular weight excluding hydrogens is 390 g/mol. The molecule has 0 saturated heterocycles. The number of ether oxygens (including phenoxy) is 1. The second kappa shape index (κ2) is 8.75. The maximum atomic E-state index is 13.1. The maximum Gasteiger partial charge on any atom is 0.344 e. The minimum absolute atomic E-state index is 0.00827. The third-order valence-corrected chi connectivity index (χ3v) is 6.27. The number of rotatable bonds is 7. The Labute approximate surface area is 164 Å². The minimum atomic E-state index is -4.07. The second-order valence-corrected chi connectivity index (χ2v) is 8.32. The van der Waals surface area contributed by atoms with E-state index in [4.69, 9.17) is 16.3 Å². The highest BCUT2D eigenvalue weighted by atomic mass is 35.5. The zero-order valence-electron chi connectivity index (χ0n) is 15.9. The van der Waals surface area contributed by atoms with Crippen LogP contribution in [0.15, 0.2) is 34.3 Å². The van der Waals surface area contributed by atoms with Gasteiger partial charge in [0.2, 0.25) is 14.9 Å². The van der Waals surface area contributed by atoms with Crippen LogP contribution in [0.25, 0.3) is 0 Å². The Balaban J connectivity index is 2.51. The molecule has 0 N–H and O–H groups in total. The molecule has 0 fully saturated rings. The molecule has 2 rings (SSSR count). The molecule has 0 spiro atoms. The Morgan fingerprint density at radius 2 is 1.89 bits per heavy atom. The van der Waals surface area contributed by atoms with Gasteiger partial charge < -0.3 is 9.64 Å². The lowest BCUT2D eigenvalue weighted by Gasteiger charge is -2.20. The minimum Gasteiger partial charge on any atom is -0.495 e. The van der Waals surface area contributed by atoms with Crippen LogP contribution >= 0.6 is 11.6 Å². The van der Waals surface area contributed by atoms with Crippen LogP contribution in [-0.2, 0) is 9.84 Å². The molecule has 0 aliphatic heterocycles. The van der Waals surface area contributed by atoms with Crippen molar-refractivity contribution < 1.29 is 17.9 Å². The highest BCUT2D eigenvalue weighted by Crippen LogP contribution is 2.34. The molecule has 0 saturated carbocycles. The molecule has 0 aliphatic carbocycles. The molecule has 0 bridgehead atoms. The Morgan fingerprint density at radius 3 is 2.44 bits per heavy atom. The van der Waals surface area contributed by atoms with E-state index in [0.717, 1.165) is 17.5 Å². The number of carbonyl (C=O) groups excluding carboxylic acids is 1. The number of halogens is 1. The van der Waals surface area contributed by atoms with E-state index in [9.17, 15) is 13.2 Å². The summed E-state index contributed by atoms with van der Waals surface area (Å²) in [5.74, 6) is 0.200. The van der Waals surface area contributed by atoms with E-state index in [1.807, 2.05) is 13.8 Å². The van der Waals surface area contributed by atoms with Crippen LogP contribution in [0.2, 0.25) is 5.02 Å². The molecular formula is C18H24ClN3O4S. The van der Waals surface area contributed by atoms with Crippen molar-refractivity contribution in [2.45, 2.75) is 43.5 Å². The number of benzene rings is 1. The molecule has 0 aliphatic rings. The fourth-order valence-corrected chi connectivity index (χ4v) is 4.87. The van der Waals surface area contributed by atoms with Crippen molar-refractivity contribution in [1.29, 1.82) is 0 Å². The normalized spacial score (nSPS) is 11.4. The molecule has 7 nitrogen and oxygen atoms in total. The van der Waals surface area contributed by atoms with Crippen molar-refractivity contribution in [3.8, 4) is 5.75 Å². The molecule has 0 atom stereocenters. The van der Waals surface area contributed by atoms with Gasteiger partial charge in [-0.2, -0.15) is 9.78 Å². The van der Waals surface area contributed by atoms with Gasteiger partial charge >= 0.3 is 6.03 Å². The van der Waals surface area contributed by atoms with Crippen LogP contribution in [0, 0.1) is 6.92 Å². The summed E-state index contributed by atoms with van der Waals surface area (Å²) in [6, 6.07) is 4.51. The number of aromatic nitrogens is 2. The average Bonchev–Trinajstić information content (AvgIpc) is 3.03. The third-order valence-electron chi connectivity index (χ3n) is 4.01. The van der Waals surface area contributed by atoms with Gasteiger partial charge in [0.15, 0.2) is 0 Å². The van der Waals surface area contributed by atoms with Gasteiger partial charge in [0, 0.05) is 13.1 Å². The van der Waals surface area contributed by atoms with Crippen molar-refractivity contribution in [3.63, 3.8) is 0 Å². The summed E-state index contributed by atoms with van der Waals surface area (Å²) in [5, 5.41) is 3.54. The summed E-state index contributed by atoms with van der Waals surface area (Å²) in [7, 11) is -2.67. The topological polar surface area (TPSA) is 81.5 Å². The Bertz CT molecular complexity index is 919. The molecule has 1 heterocycles. The predicted molar refractivity (Wildman–Crippen MR) is 103 cm³/mol.